The number of nitrogens with zero attached hydrogens (tertiary/aromatic N) is 2. The van der Waals surface area contributed by atoms with Crippen LogP contribution in [0, 0.1) is 20.8 Å². The topological polar surface area (TPSA) is 75.9 Å². The summed E-state index contributed by atoms with van der Waals surface area (Å²) >= 11 is 0. The van der Waals surface area contributed by atoms with E-state index in [-0.39, 0.29) is 0 Å². The van der Waals surface area contributed by atoms with Gasteiger partial charge in [-0.2, -0.15) is 4.98 Å². The van der Waals surface area contributed by atoms with Crippen LogP contribution in [0.5, 0.6) is 0 Å². The molecule has 5 heteroatoms. The smallest absolute Gasteiger partial charge is 0.229 e. The third-order valence-electron chi connectivity index (χ3n) is 3.76. The molecule has 0 atom stereocenters. The van der Waals surface area contributed by atoms with E-state index in [1.807, 2.05) is 71.9 Å². The first-order valence-electron chi connectivity index (χ1n) is 9.82. The Morgan fingerprint density at radius 1 is 0.821 bits per heavy atom. The van der Waals surface area contributed by atoms with Crippen molar-refractivity contribution in [3.8, 4) is 0 Å². The average molecular weight is 380 g/mol. The van der Waals surface area contributed by atoms with Gasteiger partial charge in [0.15, 0.2) is 0 Å². The fourth-order valence-electron chi connectivity index (χ4n) is 2.38. The highest BCUT2D eigenvalue weighted by molar-refractivity contribution is 5.66. The van der Waals surface area contributed by atoms with Crippen LogP contribution >= 0.6 is 0 Å². The summed E-state index contributed by atoms with van der Waals surface area (Å²) in [4.78, 5) is 8.95. The number of rotatable bonds is 4. The Bertz CT molecular complexity index is 875. The molecule has 0 bridgehead atoms. The molecule has 0 saturated heterocycles. The minimum atomic E-state index is 0.532. The Morgan fingerprint density at radius 3 is 2.21 bits per heavy atom. The zero-order valence-corrected chi connectivity index (χ0v) is 18.1. The Labute approximate surface area is 169 Å². The molecule has 0 saturated carbocycles. The van der Waals surface area contributed by atoms with Crippen LogP contribution in [-0.4, -0.2) is 9.97 Å². The molecule has 150 valence electrons. The summed E-state index contributed by atoms with van der Waals surface area (Å²) in [7, 11) is 0. The lowest BCUT2D eigenvalue weighted by atomic mass is 10.2. The van der Waals surface area contributed by atoms with Gasteiger partial charge in [0.1, 0.15) is 5.82 Å². The van der Waals surface area contributed by atoms with Gasteiger partial charge in [-0.15, -0.1) is 0 Å². The van der Waals surface area contributed by atoms with Crippen molar-refractivity contribution in [1.29, 1.82) is 0 Å². The minimum Gasteiger partial charge on any atom is -0.399 e. The van der Waals surface area contributed by atoms with Crippen LogP contribution in [0.4, 0.5) is 28.8 Å². The van der Waals surface area contributed by atoms with Crippen molar-refractivity contribution in [2.45, 2.75) is 48.5 Å². The van der Waals surface area contributed by atoms with Gasteiger partial charge in [0, 0.05) is 28.8 Å². The van der Waals surface area contributed by atoms with Crippen LogP contribution in [0.1, 0.15) is 44.4 Å². The van der Waals surface area contributed by atoms with Crippen molar-refractivity contribution < 1.29 is 0 Å². The molecule has 2 aromatic carbocycles. The Morgan fingerprint density at radius 2 is 1.54 bits per heavy atom. The van der Waals surface area contributed by atoms with Gasteiger partial charge >= 0.3 is 0 Å². The van der Waals surface area contributed by atoms with Crippen LogP contribution < -0.4 is 16.4 Å². The molecule has 0 aliphatic rings. The predicted molar refractivity (Wildman–Crippen MR) is 123 cm³/mol. The number of aromatic nitrogens is 2. The maximum absolute atomic E-state index is 5.86. The number of nitrogens with two attached hydrogens (primary N) is 1. The standard InChI is InChI=1S/C19H21N5.2C2H6/c1-12-5-4-6-16(9-12)22-18-14(3)11-21-19(24-18)23-17-10-15(20)8-7-13(17)2;2*1-2/h4-11H,20H2,1-3H3,(H2,21,22,23,24);2*1-2H3. The molecule has 1 aromatic heterocycles. The van der Waals surface area contributed by atoms with Gasteiger partial charge in [0.25, 0.3) is 0 Å². The quantitative estimate of drug-likeness (QED) is 0.450. The highest BCUT2D eigenvalue weighted by Crippen LogP contribution is 2.24. The van der Waals surface area contributed by atoms with E-state index in [2.05, 4.69) is 39.7 Å². The largest absolute Gasteiger partial charge is 0.399 e. The second-order valence-corrected chi connectivity index (χ2v) is 5.92. The lowest BCUT2D eigenvalue weighted by molar-refractivity contribution is 1.13. The zero-order valence-electron chi connectivity index (χ0n) is 18.1. The van der Waals surface area contributed by atoms with E-state index in [4.69, 9.17) is 5.73 Å². The molecular formula is C23H33N5. The summed E-state index contributed by atoms with van der Waals surface area (Å²) in [6.45, 7) is 14.1. The fourth-order valence-corrected chi connectivity index (χ4v) is 2.38. The maximum atomic E-state index is 5.86. The molecular weight excluding hydrogens is 346 g/mol. The van der Waals surface area contributed by atoms with Gasteiger partial charge in [0.05, 0.1) is 0 Å². The molecule has 1 heterocycles. The monoisotopic (exact) mass is 379 g/mol. The van der Waals surface area contributed by atoms with E-state index in [1.165, 1.54) is 5.56 Å². The lowest BCUT2D eigenvalue weighted by Crippen LogP contribution is -2.04. The molecule has 4 N–H and O–H groups in total. The molecule has 3 rings (SSSR count). The molecule has 0 radical (unpaired) electrons. The first-order chi connectivity index (χ1) is 13.5. The van der Waals surface area contributed by atoms with Crippen LogP contribution in [0.3, 0.4) is 0 Å². The second-order valence-electron chi connectivity index (χ2n) is 5.92. The van der Waals surface area contributed by atoms with Crippen LogP contribution in [0.2, 0.25) is 0 Å². The number of hydrogen-bond acceptors (Lipinski definition) is 5. The van der Waals surface area contributed by atoms with Gasteiger partial charge in [0.2, 0.25) is 5.95 Å². The van der Waals surface area contributed by atoms with Crippen molar-refractivity contribution in [2.24, 2.45) is 0 Å². The summed E-state index contributed by atoms with van der Waals surface area (Å²) in [6.07, 6.45) is 1.80. The third kappa shape index (κ3) is 6.58. The minimum absolute atomic E-state index is 0.532. The highest BCUT2D eigenvalue weighted by Gasteiger charge is 2.07. The number of aryl methyl sites for hydroxylation is 3. The van der Waals surface area contributed by atoms with E-state index < -0.39 is 0 Å². The van der Waals surface area contributed by atoms with Gasteiger partial charge in [-0.05, 0) is 56.2 Å². The first kappa shape index (κ1) is 23.0. The van der Waals surface area contributed by atoms with Crippen LogP contribution in [0.15, 0.2) is 48.7 Å². The summed E-state index contributed by atoms with van der Waals surface area (Å²) in [6, 6.07) is 13.9. The SMILES string of the molecule is CC.CC.Cc1cccc(Nc2nc(Nc3cc(N)ccc3C)ncc2C)c1. The van der Waals surface area contributed by atoms with Crippen molar-refractivity contribution in [2.75, 3.05) is 16.4 Å². The van der Waals surface area contributed by atoms with E-state index in [9.17, 15) is 0 Å². The Balaban J connectivity index is 0.000000921. The molecule has 0 fully saturated rings. The molecule has 0 aliphatic heterocycles. The number of nitrogen functional groups attached to an aromatic ring is 1. The Hall–Kier alpha value is -3.08. The molecule has 0 amide bonds. The predicted octanol–water partition coefficient (Wildman–Crippen LogP) is 6.52. The molecule has 0 unspecified atom stereocenters. The third-order valence-corrected chi connectivity index (χ3v) is 3.76. The molecule has 0 aliphatic carbocycles. The number of benzene rings is 2. The Kier molecular flexibility index (Phi) is 9.51. The summed E-state index contributed by atoms with van der Waals surface area (Å²) < 4.78 is 0. The van der Waals surface area contributed by atoms with E-state index >= 15 is 0 Å². The molecule has 3 aromatic rings. The number of anilines is 5. The maximum Gasteiger partial charge on any atom is 0.229 e. The summed E-state index contributed by atoms with van der Waals surface area (Å²) in [5, 5.41) is 6.58. The fraction of sp³-hybridized carbons (Fsp3) is 0.304. The molecule has 0 spiro atoms. The van der Waals surface area contributed by atoms with Gasteiger partial charge < -0.3 is 16.4 Å². The van der Waals surface area contributed by atoms with Crippen molar-refractivity contribution >= 4 is 28.8 Å². The van der Waals surface area contributed by atoms with Crippen LogP contribution in [-0.2, 0) is 0 Å². The molecule has 28 heavy (non-hydrogen) atoms. The zero-order chi connectivity index (χ0) is 21.1. The van der Waals surface area contributed by atoms with Crippen molar-refractivity contribution in [3.63, 3.8) is 0 Å². The second kappa shape index (κ2) is 11.6. The van der Waals surface area contributed by atoms with Gasteiger partial charge in [-0.3, -0.25) is 0 Å². The highest BCUT2D eigenvalue weighted by atomic mass is 15.1. The van der Waals surface area contributed by atoms with Gasteiger partial charge in [-0.1, -0.05) is 45.9 Å². The summed E-state index contributed by atoms with van der Waals surface area (Å²) in [5.74, 6) is 1.31. The molecule has 5 nitrogen and oxygen atoms in total. The van der Waals surface area contributed by atoms with E-state index in [1.54, 1.807) is 6.20 Å². The summed E-state index contributed by atoms with van der Waals surface area (Å²) in [5.41, 5.74) is 11.7. The van der Waals surface area contributed by atoms with Gasteiger partial charge in [-0.25, -0.2) is 4.98 Å². The van der Waals surface area contributed by atoms with E-state index in [0.717, 1.165) is 28.3 Å². The normalized spacial score (nSPS) is 9.39. The van der Waals surface area contributed by atoms with E-state index in [0.29, 0.717) is 11.6 Å². The van der Waals surface area contributed by atoms with Crippen molar-refractivity contribution in [3.05, 3.63) is 65.4 Å². The van der Waals surface area contributed by atoms with Crippen LogP contribution in [0.25, 0.3) is 0 Å². The average Bonchev–Trinajstić information content (AvgIpc) is 2.70. The first-order valence-corrected chi connectivity index (χ1v) is 9.82. The number of hydrogen-bond donors (Lipinski definition) is 3. The lowest BCUT2D eigenvalue weighted by Gasteiger charge is -2.13. The number of nitrogens with one attached hydrogen (secondary N) is 2. The van der Waals surface area contributed by atoms with Crippen molar-refractivity contribution in [1.82, 2.24) is 9.97 Å².